The minimum absolute atomic E-state index is 0.0187. The van der Waals surface area contributed by atoms with Crippen molar-refractivity contribution in [2.45, 2.75) is 20.0 Å². The molecule has 4 heteroatoms. The van der Waals surface area contributed by atoms with E-state index in [1.807, 2.05) is 42.5 Å². The van der Waals surface area contributed by atoms with Crippen LogP contribution in [0.5, 0.6) is 5.75 Å². The average Bonchev–Trinajstić information content (AvgIpc) is 2.91. The third kappa shape index (κ3) is 2.95. The molecule has 0 bridgehead atoms. The summed E-state index contributed by atoms with van der Waals surface area (Å²) in [5.74, 6) is 0.716. The summed E-state index contributed by atoms with van der Waals surface area (Å²) in [5.41, 5.74) is 2.07. The molecule has 3 rings (SSSR count). The van der Waals surface area contributed by atoms with E-state index < -0.39 is 6.10 Å². The monoisotopic (exact) mass is 297 g/mol. The Labute approximate surface area is 127 Å². The Morgan fingerprint density at radius 1 is 1.14 bits per heavy atom. The number of benzene rings is 2. The number of carbonyl (C=O) groups is 1. The number of nitrogens with zero attached hydrogens (tertiary/aromatic N) is 1. The fraction of sp³-hybridized carbons (Fsp3) is 0.176. The number of ketones is 1. The van der Waals surface area contributed by atoms with Gasteiger partial charge in [-0.1, -0.05) is 12.1 Å². The van der Waals surface area contributed by atoms with E-state index in [9.17, 15) is 4.79 Å². The summed E-state index contributed by atoms with van der Waals surface area (Å²) in [6, 6.07) is 15.8. The maximum Gasteiger partial charge on any atom is 0.169 e. The van der Waals surface area contributed by atoms with Gasteiger partial charge in [0, 0.05) is 5.56 Å². The Hall–Kier alpha value is -2.20. The second-order valence-electron chi connectivity index (χ2n) is 4.88. The minimum atomic E-state index is -0.418. The molecule has 2 aromatic carbocycles. The maximum atomic E-state index is 11.2. The zero-order chi connectivity index (χ0) is 14.8. The van der Waals surface area contributed by atoms with Crippen molar-refractivity contribution in [1.82, 2.24) is 4.98 Å². The summed E-state index contributed by atoms with van der Waals surface area (Å²) in [5, 5.41) is 0.988. The van der Waals surface area contributed by atoms with E-state index in [-0.39, 0.29) is 5.78 Å². The van der Waals surface area contributed by atoms with Crippen molar-refractivity contribution >= 4 is 27.3 Å². The second kappa shape index (κ2) is 5.66. The molecular formula is C17H15NO2S. The molecule has 0 aliphatic rings. The van der Waals surface area contributed by atoms with Crippen molar-refractivity contribution in [3.05, 3.63) is 48.5 Å². The number of carbonyl (C=O) groups excluding carboxylic acids is 1. The number of thiazole rings is 1. The van der Waals surface area contributed by atoms with Crippen molar-refractivity contribution in [3.63, 3.8) is 0 Å². The summed E-state index contributed by atoms with van der Waals surface area (Å²) in [7, 11) is 0. The fourth-order valence-corrected chi connectivity index (χ4v) is 2.93. The number of hydrogen-bond acceptors (Lipinski definition) is 4. The highest BCUT2D eigenvalue weighted by atomic mass is 32.1. The summed E-state index contributed by atoms with van der Waals surface area (Å²) in [4.78, 5) is 15.8. The Kier molecular flexibility index (Phi) is 3.71. The number of para-hydroxylation sites is 1. The van der Waals surface area contributed by atoms with E-state index in [0.717, 1.165) is 16.1 Å². The topological polar surface area (TPSA) is 39.2 Å². The van der Waals surface area contributed by atoms with Gasteiger partial charge in [-0.05, 0) is 50.2 Å². The van der Waals surface area contributed by atoms with E-state index in [1.165, 1.54) is 11.6 Å². The normalized spacial score (nSPS) is 12.3. The van der Waals surface area contributed by atoms with Crippen molar-refractivity contribution < 1.29 is 9.53 Å². The van der Waals surface area contributed by atoms with Crippen LogP contribution in [-0.4, -0.2) is 16.9 Å². The van der Waals surface area contributed by atoms with Crippen LogP contribution in [0.1, 0.15) is 13.8 Å². The number of fused-ring (bicyclic) bond motifs is 1. The summed E-state index contributed by atoms with van der Waals surface area (Å²) in [6.45, 7) is 3.28. The van der Waals surface area contributed by atoms with Crippen molar-refractivity contribution in [2.75, 3.05) is 0 Å². The highest BCUT2D eigenvalue weighted by Crippen LogP contribution is 2.30. The molecular weight excluding hydrogens is 282 g/mol. The molecule has 21 heavy (non-hydrogen) atoms. The van der Waals surface area contributed by atoms with Crippen LogP contribution < -0.4 is 4.74 Å². The summed E-state index contributed by atoms with van der Waals surface area (Å²) in [6.07, 6.45) is -0.418. The molecule has 0 saturated heterocycles. The number of ether oxygens (including phenoxy) is 1. The van der Waals surface area contributed by atoms with E-state index in [0.29, 0.717) is 5.75 Å². The van der Waals surface area contributed by atoms with Crippen molar-refractivity contribution in [1.29, 1.82) is 0 Å². The lowest BCUT2D eigenvalue weighted by atomic mass is 10.2. The fourth-order valence-electron chi connectivity index (χ4n) is 1.96. The molecule has 0 aliphatic carbocycles. The third-order valence-corrected chi connectivity index (χ3v) is 4.37. The van der Waals surface area contributed by atoms with Gasteiger partial charge in [-0.3, -0.25) is 4.79 Å². The van der Waals surface area contributed by atoms with Crippen LogP contribution >= 0.6 is 11.3 Å². The van der Waals surface area contributed by atoms with Gasteiger partial charge in [0.05, 0.1) is 10.2 Å². The quantitative estimate of drug-likeness (QED) is 0.720. The first kappa shape index (κ1) is 13.8. The van der Waals surface area contributed by atoms with Crippen molar-refractivity contribution in [2.24, 2.45) is 0 Å². The predicted molar refractivity (Wildman–Crippen MR) is 85.8 cm³/mol. The van der Waals surface area contributed by atoms with E-state index in [2.05, 4.69) is 11.1 Å². The van der Waals surface area contributed by atoms with Gasteiger partial charge >= 0.3 is 0 Å². The second-order valence-corrected chi connectivity index (χ2v) is 5.91. The van der Waals surface area contributed by atoms with Crippen LogP contribution in [0.15, 0.2) is 48.5 Å². The molecule has 1 unspecified atom stereocenters. The van der Waals surface area contributed by atoms with E-state index in [4.69, 9.17) is 4.74 Å². The predicted octanol–water partition coefficient (Wildman–Crippen LogP) is 4.32. The van der Waals surface area contributed by atoms with Crippen LogP contribution in [-0.2, 0) is 4.79 Å². The first-order chi connectivity index (χ1) is 10.1. The van der Waals surface area contributed by atoms with Crippen LogP contribution in [0.3, 0.4) is 0 Å². The molecule has 3 aromatic rings. The molecule has 0 fully saturated rings. The first-order valence-corrected chi connectivity index (χ1v) is 7.58. The molecule has 0 N–H and O–H groups in total. The third-order valence-electron chi connectivity index (χ3n) is 3.28. The number of aromatic nitrogens is 1. The minimum Gasteiger partial charge on any atom is -0.483 e. The molecule has 1 atom stereocenters. The summed E-state index contributed by atoms with van der Waals surface area (Å²) >= 11 is 1.67. The molecule has 0 saturated carbocycles. The summed E-state index contributed by atoms with van der Waals surface area (Å²) < 4.78 is 6.74. The van der Waals surface area contributed by atoms with Crippen LogP contribution in [0.25, 0.3) is 20.8 Å². The largest absolute Gasteiger partial charge is 0.483 e. The Morgan fingerprint density at radius 2 is 1.86 bits per heavy atom. The first-order valence-electron chi connectivity index (χ1n) is 6.76. The Balaban J connectivity index is 1.85. The van der Waals surface area contributed by atoms with Crippen molar-refractivity contribution in [3.8, 4) is 16.3 Å². The molecule has 106 valence electrons. The smallest absolute Gasteiger partial charge is 0.169 e. The van der Waals surface area contributed by atoms with Gasteiger partial charge in [0.25, 0.3) is 0 Å². The average molecular weight is 297 g/mol. The maximum absolute atomic E-state index is 11.2. The molecule has 3 nitrogen and oxygen atoms in total. The Bertz CT molecular complexity index is 744. The highest BCUT2D eigenvalue weighted by Gasteiger charge is 2.10. The standard InChI is InChI=1S/C17H15NO2S/c1-11(19)12(2)20-14-9-7-13(8-10-14)17-18-15-5-3-4-6-16(15)21-17/h3-10,12H,1-2H3. The van der Waals surface area contributed by atoms with Gasteiger partial charge in [0.2, 0.25) is 0 Å². The SMILES string of the molecule is CC(=O)C(C)Oc1ccc(-c2nc3ccccc3s2)cc1. The van der Waals surface area contributed by atoms with Crippen LogP contribution in [0.2, 0.25) is 0 Å². The lowest BCUT2D eigenvalue weighted by Crippen LogP contribution is -2.20. The zero-order valence-electron chi connectivity index (χ0n) is 11.9. The van der Waals surface area contributed by atoms with Crippen LogP contribution in [0, 0.1) is 0 Å². The molecule has 1 aromatic heterocycles. The zero-order valence-corrected chi connectivity index (χ0v) is 12.7. The van der Waals surface area contributed by atoms with Gasteiger partial charge in [-0.2, -0.15) is 0 Å². The highest BCUT2D eigenvalue weighted by molar-refractivity contribution is 7.21. The van der Waals surface area contributed by atoms with Gasteiger partial charge in [-0.15, -0.1) is 11.3 Å². The molecule has 0 spiro atoms. The van der Waals surface area contributed by atoms with Gasteiger partial charge < -0.3 is 4.74 Å². The lowest BCUT2D eigenvalue weighted by molar-refractivity contribution is -0.122. The van der Waals surface area contributed by atoms with Crippen LogP contribution in [0.4, 0.5) is 0 Å². The number of hydrogen-bond donors (Lipinski definition) is 0. The molecule has 0 amide bonds. The van der Waals surface area contributed by atoms with Gasteiger partial charge in [-0.25, -0.2) is 4.98 Å². The lowest BCUT2D eigenvalue weighted by Gasteiger charge is -2.11. The number of rotatable bonds is 4. The number of Topliss-reactive ketones (excluding diaryl/α,β-unsaturated/α-hetero) is 1. The van der Waals surface area contributed by atoms with Gasteiger partial charge in [0.1, 0.15) is 10.8 Å². The van der Waals surface area contributed by atoms with E-state index >= 15 is 0 Å². The molecule has 0 radical (unpaired) electrons. The Morgan fingerprint density at radius 3 is 2.52 bits per heavy atom. The molecule has 1 heterocycles. The van der Waals surface area contributed by atoms with Gasteiger partial charge in [0.15, 0.2) is 11.9 Å². The van der Waals surface area contributed by atoms with E-state index in [1.54, 1.807) is 18.3 Å². The molecule has 0 aliphatic heterocycles.